The van der Waals surface area contributed by atoms with Gasteiger partial charge in [0.1, 0.15) is 11.5 Å². The zero-order valence-corrected chi connectivity index (χ0v) is 15.9. The summed E-state index contributed by atoms with van der Waals surface area (Å²) in [6.07, 6.45) is 4.29. The average molecular weight is 400 g/mol. The summed E-state index contributed by atoms with van der Waals surface area (Å²) in [5.74, 6) is 0.700. The van der Waals surface area contributed by atoms with E-state index in [1.165, 1.54) is 26.4 Å². The number of hydrogen-bond acceptors (Lipinski definition) is 7. The molecule has 0 unspecified atom stereocenters. The lowest BCUT2D eigenvalue weighted by atomic mass is 10.1. The Labute approximate surface area is 167 Å². The monoisotopic (exact) mass is 400 g/mol. The molecule has 0 N–H and O–H groups in total. The quantitative estimate of drug-likeness (QED) is 0.432. The minimum Gasteiger partial charge on any atom is -0.456 e. The van der Waals surface area contributed by atoms with Crippen LogP contribution in [0.3, 0.4) is 0 Å². The maximum atomic E-state index is 10.8. The maximum Gasteiger partial charge on any atom is 0.235 e. The number of ether oxygens (including phenoxy) is 3. The van der Waals surface area contributed by atoms with Gasteiger partial charge in [0.2, 0.25) is 12.4 Å². The van der Waals surface area contributed by atoms with E-state index in [1.54, 1.807) is 36.4 Å². The third-order valence-electron chi connectivity index (χ3n) is 3.86. The van der Waals surface area contributed by atoms with Gasteiger partial charge < -0.3 is 14.2 Å². The van der Waals surface area contributed by atoms with Crippen LogP contribution in [-0.4, -0.2) is 24.1 Å². The van der Waals surface area contributed by atoms with E-state index in [9.17, 15) is 20.2 Å². The Morgan fingerprint density at radius 3 is 1.55 bits per heavy atom. The second-order valence-electron chi connectivity index (χ2n) is 5.83. The smallest absolute Gasteiger partial charge is 0.235 e. The number of nitrogens with zero attached hydrogens (tertiary/aromatic N) is 2. The molecular formula is C20H20N2O7. The molecule has 9 nitrogen and oxygen atoms in total. The molecule has 0 aliphatic heterocycles. The Hall–Kier alpha value is -3.56. The molecule has 0 amide bonds. The lowest BCUT2D eigenvalue weighted by molar-refractivity contribution is -0.401. The first-order chi connectivity index (χ1) is 14.0. The van der Waals surface area contributed by atoms with Crippen molar-refractivity contribution in [1.82, 2.24) is 0 Å². The summed E-state index contributed by atoms with van der Waals surface area (Å²) < 4.78 is 16.3. The molecule has 9 heteroatoms. The molecule has 0 aromatic heterocycles. The van der Waals surface area contributed by atoms with E-state index in [0.717, 1.165) is 12.4 Å². The van der Waals surface area contributed by atoms with Crippen LogP contribution >= 0.6 is 0 Å². The second kappa shape index (κ2) is 10.7. The molecule has 0 saturated heterocycles. The van der Waals surface area contributed by atoms with Gasteiger partial charge in [0.25, 0.3) is 0 Å². The number of methoxy groups -OCH3 is 2. The van der Waals surface area contributed by atoms with Crippen LogP contribution in [-0.2, 0) is 22.7 Å². The van der Waals surface area contributed by atoms with Gasteiger partial charge in [-0.3, -0.25) is 20.2 Å². The summed E-state index contributed by atoms with van der Waals surface area (Å²) in [6, 6.07) is 10.3. The first-order valence-electron chi connectivity index (χ1n) is 8.49. The predicted octanol–water partition coefficient (Wildman–Crippen LogP) is 4.27. The van der Waals surface area contributed by atoms with Gasteiger partial charge >= 0.3 is 0 Å². The van der Waals surface area contributed by atoms with Gasteiger partial charge in [-0.1, -0.05) is 24.3 Å². The van der Waals surface area contributed by atoms with Crippen molar-refractivity contribution in [2.24, 2.45) is 0 Å². The molecule has 0 bridgehead atoms. The summed E-state index contributed by atoms with van der Waals surface area (Å²) in [5.41, 5.74) is 2.34. The van der Waals surface area contributed by atoms with Gasteiger partial charge in [0.05, 0.1) is 23.1 Å². The minimum atomic E-state index is -0.572. The highest BCUT2D eigenvalue weighted by Gasteiger charge is 2.14. The normalized spacial score (nSPS) is 11.2. The van der Waals surface area contributed by atoms with E-state index in [1.807, 2.05) is 0 Å². The molecule has 0 saturated carbocycles. The Bertz CT molecular complexity index is 863. The summed E-state index contributed by atoms with van der Waals surface area (Å²) >= 11 is 0. The number of nitro groups is 2. The van der Waals surface area contributed by atoms with Gasteiger partial charge in [-0.15, -0.1) is 0 Å². The molecule has 0 spiro atoms. The number of benzene rings is 2. The van der Waals surface area contributed by atoms with Crippen LogP contribution in [0, 0.1) is 20.2 Å². The van der Waals surface area contributed by atoms with E-state index < -0.39 is 9.85 Å². The van der Waals surface area contributed by atoms with Crippen LogP contribution in [0.1, 0.15) is 22.3 Å². The highest BCUT2D eigenvalue weighted by atomic mass is 16.6. The summed E-state index contributed by atoms with van der Waals surface area (Å²) in [5, 5.41) is 21.6. The molecule has 2 aromatic rings. The summed E-state index contributed by atoms with van der Waals surface area (Å²) in [4.78, 5) is 20.4. The minimum absolute atomic E-state index is 0.229. The van der Waals surface area contributed by atoms with Crippen molar-refractivity contribution < 1.29 is 24.1 Å². The molecule has 0 radical (unpaired) electrons. The van der Waals surface area contributed by atoms with Crippen LogP contribution in [0.25, 0.3) is 12.2 Å². The molecular weight excluding hydrogens is 380 g/mol. The molecule has 0 fully saturated rings. The van der Waals surface area contributed by atoms with Crippen LogP contribution < -0.4 is 4.74 Å². The highest BCUT2D eigenvalue weighted by Crippen LogP contribution is 2.33. The molecule has 2 rings (SSSR count). The summed E-state index contributed by atoms with van der Waals surface area (Å²) in [6.45, 7) is 0.457. The van der Waals surface area contributed by atoms with Crippen molar-refractivity contribution >= 4 is 12.2 Å². The lowest BCUT2D eigenvalue weighted by Crippen LogP contribution is -1.99. The molecule has 0 atom stereocenters. The fourth-order valence-corrected chi connectivity index (χ4v) is 2.69. The lowest BCUT2D eigenvalue weighted by Gasteiger charge is -2.15. The molecule has 0 heterocycles. The van der Waals surface area contributed by atoms with Crippen LogP contribution in [0.4, 0.5) is 0 Å². The van der Waals surface area contributed by atoms with Crippen molar-refractivity contribution in [2.75, 3.05) is 14.2 Å². The predicted molar refractivity (Wildman–Crippen MR) is 106 cm³/mol. The van der Waals surface area contributed by atoms with E-state index in [2.05, 4.69) is 0 Å². The zero-order chi connectivity index (χ0) is 21.2. The van der Waals surface area contributed by atoms with Gasteiger partial charge in [-0.2, -0.15) is 0 Å². The van der Waals surface area contributed by atoms with E-state index in [-0.39, 0.29) is 13.2 Å². The third kappa shape index (κ3) is 6.23. The maximum absolute atomic E-state index is 10.8. The van der Waals surface area contributed by atoms with Gasteiger partial charge in [-0.25, -0.2) is 0 Å². The van der Waals surface area contributed by atoms with Gasteiger partial charge in [0, 0.05) is 37.5 Å². The van der Waals surface area contributed by atoms with Crippen LogP contribution in [0.2, 0.25) is 0 Å². The van der Waals surface area contributed by atoms with Crippen molar-refractivity contribution in [3.05, 3.63) is 91.3 Å². The first-order valence-corrected chi connectivity index (χ1v) is 8.49. The Kier molecular flexibility index (Phi) is 8.01. The first kappa shape index (κ1) is 21.7. The van der Waals surface area contributed by atoms with Crippen molar-refractivity contribution in [1.29, 1.82) is 0 Å². The van der Waals surface area contributed by atoms with E-state index >= 15 is 0 Å². The summed E-state index contributed by atoms with van der Waals surface area (Å²) in [7, 11) is 3.03. The Morgan fingerprint density at radius 1 is 0.793 bits per heavy atom. The van der Waals surface area contributed by atoms with Gasteiger partial charge in [-0.05, 0) is 23.3 Å². The van der Waals surface area contributed by atoms with E-state index in [4.69, 9.17) is 14.2 Å². The largest absolute Gasteiger partial charge is 0.456 e. The van der Waals surface area contributed by atoms with Crippen molar-refractivity contribution in [3.8, 4) is 11.5 Å². The molecule has 0 aliphatic rings. The van der Waals surface area contributed by atoms with Crippen LogP contribution in [0.5, 0.6) is 11.5 Å². The van der Waals surface area contributed by atoms with Gasteiger partial charge in [0.15, 0.2) is 0 Å². The number of hydrogen-bond donors (Lipinski definition) is 0. The molecule has 29 heavy (non-hydrogen) atoms. The second-order valence-corrected chi connectivity index (χ2v) is 5.83. The Balaban J connectivity index is 2.55. The Morgan fingerprint density at radius 2 is 1.21 bits per heavy atom. The zero-order valence-electron chi connectivity index (χ0n) is 15.9. The SMILES string of the molecule is COCc1cccc(Oc2cccc(COC)c2C=C[N+](=O)[O-])c1C=C[N+](=O)[O-]. The number of rotatable bonds is 10. The fourth-order valence-electron chi connectivity index (χ4n) is 2.69. The molecule has 152 valence electrons. The highest BCUT2D eigenvalue weighted by molar-refractivity contribution is 5.65. The average Bonchev–Trinajstić information content (AvgIpc) is 2.67. The topological polar surface area (TPSA) is 114 Å². The standard InChI is InChI=1S/C20H20N2O7/c1-27-13-15-5-3-7-19(17(15)9-11-21(23)24)29-20-8-4-6-16(14-28-2)18(20)10-12-22(25)26/h3-12H,13-14H2,1-2H3. The third-order valence-corrected chi connectivity index (χ3v) is 3.86. The van der Waals surface area contributed by atoms with Crippen molar-refractivity contribution in [2.45, 2.75) is 13.2 Å². The van der Waals surface area contributed by atoms with E-state index in [0.29, 0.717) is 33.8 Å². The van der Waals surface area contributed by atoms with Crippen molar-refractivity contribution in [3.63, 3.8) is 0 Å². The van der Waals surface area contributed by atoms with Crippen LogP contribution in [0.15, 0.2) is 48.8 Å². The molecule has 0 aliphatic carbocycles. The molecule has 2 aromatic carbocycles. The fraction of sp³-hybridized carbons (Fsp3) is 0.200.